The van der Waals surface area contributed by atoms with E-state index in [0.717, 1.165) is 17.0 Å². The van der Waals surface area contributed by atoms with Crippen LogP contribution in [0.1, 0.15) is 27.6 Å². The van der Waals surface area contributed by atoms with Gasteiger partial charge < -0.3 is 4.90 Å². The van der Waals surface area contributed by atoms with Crippen LogP contribution in [-0.2, 0) is 12.7 Å². The van der Waals surface area contributed by atoms with Crippen LogP contribution >= 0.6 is 0 Å². The number of hydrogen-bond acceptors (Lipinski definition) is 3. The fourth-order valence-corrected chi connectivity index (χ4v) is 1.87. The van der Waals surface area contributed by atoms with Crippen LogP contribution in [0.5, 0.6) is 0 Å². The van der Waals surface area contributed by atoms with E-state index >= 15 is 0 Å². The van der Waals surface area contributed by atoms with Crippen LogP contribution in [0.4, 0.5) is 13.2 Å². The van der Waals surface area contributed by atoms with Gasteiger partial charge in [-0.25, -0.2) is 4.98 Å². The summed E-state index contributed by atoms with van der Waals surface area (Å²) < 4.78 is 38.7. The third kappa shape index (κ3) is 3.39. The summed E-state index contributed by atoms with van der Waals surface area (Å²) in [5, 5.41) is 6.46. The Labute approximate surface area is 118 Å². The van der Waals surface area contributed by atoms with Gasteiger partial charge in [-0.2, -0.15) is 18.3 Å². The van der Waals surface area contributed by atoms with Crippen LogP contribution in [0.2, 0.25) is 0 Å². The molecule has 5 nitrogen and oxygen atoms in total. The molecule has 112 valence electrons. The van der Waals surface area contributed by atoms with Crippen molar-refractivity contribution < 1.29 is 18.0 Å². The van der Waals surface area contributed by atoms with Crippen molar-refractivity contribution in [1.29, 1.82) is 0 Å². The number of aryl methyl sites for hydroxylation is 1. The van der Waals surface area contributed by atoms with E-state index in [1.807, 2.05) is 0 Å². The monoisotopic (exact) mass is 298 g/mol. The third-order valence-electron chi connectivity index (χ3n) is 2.83. The van der Waals surface area contributed by atoms with Crippen molar-refractivity contribution >= 4 is 5.91 Å². The van der Waals surface area contributed by atoms with Gasteiger partial charge >= 0.3 is 6.18 Å². The number of benzene rings is 1. The molecule has 0 aliphatic rings. The van der Waals surface area contributed by atoms with Crippen LogP contribution in [0.25, 0.3) is 0 Å². The largest absolute Gasteiger partial charge is 0.417 e. The van der Waals surface area contributed by atoms with Crippen LogP contribution in [-0.4, -0.2) is 33.0 Å². The molecule has 0 saturated heterocycles. The standard InChI is InChI=1S/C13H13F3N4O/c1-8-17-11(19-18-8)7-20(2)12(21)9-5-3-4-6-10(9)13(14,15)16/h3-6H,7H2,1-2H3,(H,17,18,19). The van der Waals surface area contributed by atoms with E-state index in [4.69, 9.17) is 0 Å². The number of aromatic amines is 1. The number of nitrogens with zero attached hydrogens (tertiary/aromatic N) is 3. The summed E-state index contributed by atoms with van der Waals surface area (Å²) in [6.07, 6.45) is -4.58. The smallest absolute Gasteiger partial charge is 0.334 e. The van der Waals surface area contributed by atoms with Crippen molar-refractivity contribution in [2.75, 3.05) is 7.05 Å². The maximum Gasteiger partial charge on any atom is 0.417 e. The Morgan fingerprint density at radius 2 is 2.00 bits per heavy atom. The molecule has 1 amide bonds. The highest BCUT2D eigenvalue weighted by Gasteiger charge is 2.35. The molecule has 0 unspecified atom stereocenters. The molecule has 1 N–H and O–H groups in total. The van der Waals surface area contributed by atoms with Crippen molar-refractivity contribution in [2.45, 2.75) is 19.6 Å². The number of aromatic nitrogens is 3. The molecule has 0 radical (unpaired) electrons. The fraction of sp³-hybridized carbons (Fsp3) is 0.308. The SMILES string of the molecule is Cc1nc(CN(C)C(=O)c2ccccc2C(F)(F)F)n[nH]1. The van der Waals surface area contributed by atoms with E-state index in [9.17, 15) is 18.0 Å². The maximum absolute atomic E-state index is 12.9. The van der Waals surface area contributed by atoms with E-state index in [1.165, 1.54) is 19.2 Å². The Morgan fingerprint density at radius 1 is 1.33 bits per heavy atom. The lowest BCUT2D eigenvalue weighted by Crippen LogP contribution is -2.29. The number of alkyl halides is 3. The molecule has 1 heterocycles. The lowest BCUT2D eigenvalue weighted by molar-refractivity contribution is -0.138. The molecule has 8 heteroatoms. The minimum Gasteiger partial charge on any atom is -0.334 e. The van der Waals surface area contributed by atoms with Crippen molar-refractivity contribution in [2.24, 2.45) is 0 Å². The maximum atomic E-state index is 12.9. The van der Waals surface area contributed by atoms with Gasteiger partial charge in [0.1, 0.15) is 5.82 Å². The second kappa shape index (κ2) is 5.55. The normalized spacial score (nSPS) is 11.5. The molecule has 2 rings (SSSR count). The number of H-pyrrole nitrogens is 1. The van der Waals surface area contributed by atoms with Crippen LogP contribution in [0.15, 0.2) is 24.3 Å². The zero-order valence-corrected chi connectivity index (χ0v) is 11.4. The van der Waals surface area contributed by atoms with Crippen LogP contribution in [0, 0.1) is 6.92 Å². The first-order valence-corrected chi connectivity index (χ1v) is 6.08. The predicted octanol–water partition coefficient (Wildman–Crippen LogP) is 2.40. The van der Waals surface area contributed by atoms with Gasteiger partial charge in [0.2, 0.25) is 0 Å². The highest BCUT2D eigenvalue weighted by atomic mass is 19.4. The first kappa shape index (κ1) is 15.0. The number of carbonyl (C=O) groups excluding carboxylic acids is 1. The second-order valence-electron chi connectivity index (χ2n) is 4.54. The zero-order valence-electron chi connectivity index (χ0n) is 11.4. The topological polar surface area (TPSA) is 61.9 Å². The quantitative estimate of drug-likeness (QED) is 0.946. The summed E-state index contributed by atoms with van der Waals surface area (Å²) in [7, 11) is 1.40. The van der Waals surface area contributed by atoms with Gasteiger partial charge in [0.05, 0.1) is 17.7 Å². The molecule has 1 aromatic heterocycles. The molecule has 2 aromatic rings. The summed E-state index contributed by atoms with van der Waals surface area (Å²) in [6, 6.07) is 4.69. The van der Waals surface area contributed by atoms with E-state index in [2.05, 4.69) is 15.2 Å². The molecule has 0 spiro atoms. The van der Waals surface area contributed by atoms with Gasteiger partial charge in [-0.3, -0.25) is 9.89 Å². The summed E-state index contributed by atoms with van der Waals surface area (Å²) in [4.78, 5) is 17.3. The first-order valence-electron chi connectivity index (χ1n) is 6.08. The Morgan fingerprint density at radius 3 is 2.57 bits per heavy atom. The number of amides is 1. The number of carbonyl (C=O) groups is 1. The number of hydrogen-bond donors (Lipinski definition) is 1. The van der Waals surface area contributed by atoms with Gasteiger partial charge in [0, 0.05) is 7.05 Å². The summed E-state index contributed by atoms with van der Waals surface area (Å²) in [6.45, 7) is 1.71. The van der Waals surface area contributed by atoms with Gasteiger partial charge in [-0.15, -0.1) is 0 Å². The van der Waals surface area contributed by atoms with Gasteiger partial charge in [0.15, 0.2) is 5.82 Å². The molecular weight excluding hydrogens is 285 g/mol. The van der Waals surface area contributed by atoms with Crippen LogP contribution in [0.3, 0.4) is 0 Å². The summed E-state index contributed by atoms with van der Waals surface area (Å²) in [5.74, 6) is 0.180. The van der Waals surface area contributed by atoms with Crippen molar-refractivity contribution in [3.05, 3.63) is 47.0 Å². The first-order chi connectivity index (χ1) is 9.79. The zero-order chi connectivity index (χ0) is 15.6. The molecule has 21 heavy (non-hydrogen) atoms. The van der Waals surface area contributed by atoms with Crippen molar-refractivity contribution in [3.8, 4) is 0 Å². The van der Waals surface area contributed by atoms with Crippen LogP contribution < -0.4 is 0 Å². The minimum absolute atomic E-state index is 0.0232. The number of halogens is 3. The second-order valence-corrected chi connectivity index (χ2v) is 4.54. The lowest BCUT2D eigenvalue weighted by atomic mass is 10.1. The summed E-state index contributed by atoms with van der Waals surface area (Å²) in [5.41, 5.74) is -1.34. The molecule has 0 aliphatic heterocycles. The Kier molecular flexibility index (Phi) is 3.97. The highest BCUT2D eigenvalue weighted by Crippen LogP contribution is 2.32. The highest BCUT2D eigenvalue weighted by molar-refractivity contribution is 5.95. The van der Waals surface area contributed by atoms with E-state index in [-0.39, 0.29) is 12.1 Å². The molecule has 0 bridgehead atoms. The van der Waals surface area contributed by atoms with Gasteiger partial charge in [-0.1, -0.05) is 12.1 Å². The summed E-state index contributed by atoms with van der Waals surface area (Å²) >= 11 is 0. The average molecular weight is 298 g/mol. The fourth-order valence-electron chi connectivity index (χ4n) is 1.87. The molecular formula is C13H13F3N4O. The molecule has 1 aromatic carbocycles. The van der Waals surface area contributed by atoms with E-state index < -0.39 is 17.6 Å². The number of rotatable bonds is 3. The average Bonchev–Trinajstić information content (AvgIpc) is 2.82. The Bertz CT molecular complexity index is 651. The van der Waals surface area contributed by atoms with E-state index in [0.29, 0.717) is 11.6 Å². The number of nitrogens with one attached hydrogen (secondary N) is 1. The molecule has 0 atom stereocenters. The Hall–Kier alpha value is -2.38. The van der Waals surface area contributed by atoms with Gasteiger partial charge in [-0.05, 0) is 19.1 Å². The van der Waals surface area contributed by atoms with Gasteiger partial charge in [0.25, 0.3) is 5.91 Å². The van der Waals surface area contributed by atoms with Crippen molar-refractivity contribution in [1.82, 2.24) is 20.1 Å². The molecule has 0 aliphatic carbocycles. The predicted molar refractivity (Wildman–Crippen MR) is 68.4 cm³/mol. The van der Waals surface area contributed by atoms with E-state index in [1.54, 1.807) is 6.92 Å². The minimum atomic E-state index is -4.58. The Balaban J connectivity index is 2.24. The van der Waals surface area contributed by atoms with Crippen molar-refractivity contribution in [3.63, 3.8) is 0 Å². The third-order valence-corrected chi connectivity index (χ3v) is 2.83. The molecule has 0 fully saturated rings. The molecule has 0 saturated carbocycles. The lowest BCUT2D eigenvalue weighted by Gasteiger charge is -2.18.